The average Bonchev–Trinajstić information content (AvgIpc) is 2.78. The largest absolute Gasteiger partial charge is 0.378 e. The molecule has 0 aliphatic heterocycles. The zero-order chi connectivity index (χ0) is 12.3. The summed E-state index contributed by atoms with van der Waals surface area (Å²) < 4.78 is 5.08. The molecule has 17 heavy (non-hydrogen) atoms. The summed E-state index contributed by atoms with van der Waals surface area (Å²) in [5.74, 6) is 0.861. The van der Waals surface area contributed by atoms with Gasteiger partial charge in [-0.2, -0.15) is 10.2 Å². The summed E-state index contributed by atoms with van der Waals surface area (Å²) in [5, 5.41) is 12.2. The molecule has 1 aromatic heterocycles. The molecular weight excluding hydrogens is 216 g/mol. The number of aromatic nitrogens is 2. The van der Waals surface area contributed by atoms with Gasteiger partial charge in [-0.05, 0) is 24.3 Å². The minimum atomic E-state index is 0.166. The SMILES string of the molecule is CN(C)c1ccc(-c2nc(CC#N)no2)cc1. The Labute approximate surface area is 99.3 Å². The Morgan fingerprint density at radius 3 is 2.59 bits per heavy atom. The van der Waals surface area contributed by atoms with Crippen LogP contribution >= 0.6 is 0 Å². The van der Waals surface area contributed by atoms with E-state index in [-0.39, 0.29) is 6.42 Å². The van der Waals surface area contributed by atoms with E-state index in [4.69, 9.17) is 9.78 Å². The number of nitriles is 1. The quantitative estimate of drug-likeness (QED) is 0.802. The molecule has 0 saturated carbocycles. The first-order chi connectivity index (χ1) is 8.20. The Morgan fingerprint density at radius 2 is 2.00 bits per heavy atom. The van der Waals surface area contributed by atoms with Crippen molar-refractivity contribution in [2.45, 2.75) is 6.42 Å². The maximum atomic E-state index is 8.52. The standard InChI is InChI=1S/C12H12N4O/c1-16(2)10-5-3-9(4-6-10)12-14-11(7-8-13)15-17-12/h3-6H,7H2,1-2H3. The van der Waals surface area contributed by atoms with Crippen LogP contribution in [0, 0.1) is 11.3 Å². The molecular formula is C12H12N4O. The lowest BCUT2D eigenvalue weighted by Gasteiger charge is -2.11. The van der Waals surface area contributed by atoms with Gasteiger partial charge in [0.15, 0.2) is 5.82 Å². The molecule has 1 aromatic carbocycles. The van der Waals surface area contributed by atoms with Crippen LogP contribution in [-0.4, -0.2) is 24.2 Å². The highest BCUT2D eigenvalue weighted by Crippen LogP contribution is 2.20. The van der Waals surface area contributed by atoms with Crippen LogP contribution in [0.3, 0.4) is 0 Å². The van der Waals surface area contributed by atoms with E-state index in [1.165, 1.54) is 0 Å². The van der Waals surface area contributed by atoms with E-state index in [1.54, 1.807) is 0 Å². The van der Waals surface area contributed by atoms with Gasteiger partial charge in [0.1, 0.15) is 0 Å². The van der Waals surface area contributed by atoms with Crippen LogP contribution in [0.25, 0.3) is 11.5 Å². The van der Waals surface area contributed by atoms with Crippen LogP contribution < -0.4 is 4.90 Å². The molecule has 0 aliphatic carbocycles. The molecule has 0 amide bonds. The van der Waals surface area contributed by atoms with Gasteiger partial charge >= 0.3 is 0 Å². The predicted octanol–water partition coefficient (Wildman–Crippen LogP) is 1.87. The Kier molecular flexibility index (Phi) is 3.06. The fourth-order valence-corrected chi connectivity index (χ4v) is 1.42. The Hall–Kier alpha value is -2.35. The lowest BCUT2D eigenvalue weighted by Crippen LogP contribution is -2.07. The lowest BCUT2D eigenvalue weighted by molar-refractivity contribution is 0.424. The third kappa shape index (κ3) is 2.42. The zero-order valence-electron chi connectivity index (χ0n) is 9.71. The second-order valence-corrected chi connectivity index (χ2v) is 3.79. The van der Waals surface area contributed by atoms with Gasteiger partial charge in [0.2, 0.25) is 0 Å². The first-order valence-corrected chi connectivity index (χ1v) is 5.18. The third-order valence-corrected chi connectivity index (χ3v) is 2.34. The minimum absolute atomic E-state index is 0.166. The molecule has 0 atom stereocenters. The monoisotopic (exact) mass is 228 g/mol. The van der Waals surface area contributed by atoms with Gasteiger partial charge in [0, 0.05) is 25.3 Å². The van der Waals surface area contributed by atoms with Crippen LogP contribution in [0.15, 0.2) is 28.8 Å². The number of nitrogens with zero attached hydrogens (tertiary/aromatic N) is 4. The first kappa shape index (κ1) is 11.1. The number of anilines is 1. The van der Waals surface area contributed by atoms with Crippen LogP contribution in [0.4, 0.5) is 5.69 Å². The molecule has 2 rings (SSSR count). The van der Waals surface area contributed by atoms with E-state index in [2.05, 4.69) is 10.1 Å². The van der Waals surface area contributed by atoms with Crippen molar-refractivity contribution >= 4 is 5.69 Å². The highest BCUT2D eigenvalue weighted by Gasteiger charge is 2.08. The Morgan fingerprint density at radius 1 is 1.29 bits per heavy atom. The van der Waals surface area contributed by atoms with E-state index >= 15 is 0 Å². The molecule has 0 bridgehead atoms. The highest BCUT2D eigenvalue weighted by atomic mass is 16.5. The van der Waals surface area contributed by atoms with Crippen molar-refractivity contribution in [1.82, 2.24) is 10.1 Å². The van der Waals surface area contributed by atoms with Crippen LogP contribution in [-0.2, 0) is 6.42 Å². The van der Waals surface area contributed by atoms with E-state index in [0.29, 0.717) is 11.7 Å². The van der Waals surface area contributed by atoms with Gasteiger partial charge in [0.05, 0.1) is 12.5 Å². The average molecular weight is 228 g/mol. The van der Waals surface area contributed by atoms with Crippen molar-refractivity contribution in [2.75, 3.05) is 19.0 Å². The Bertz CT molecular complexity index is 536. The van der Waals surface area contributed by atoms with Crippen molar-refractivity contribution in [3.63, 3.8) is 0 Å². The van der Waals surface area contributed by atoms with Gasteiger partial charge in [0.25, 0.3) is 5.89 Å². The van der Waals surface area contributed by atoms with Gasteiger partial charge in [-0.3, -0.25) is 0 Å². The number of hydrogen-bond donors (Lipinski definition) is 0. The highest BCUT2D eigenvalue weighted by molar-refractivity contribution is 5.58. The number of benzene rings is 1. The second-order valence-electron chi connectivity index (χ2n) is 3.79. The maximum absolute atomic E-state index is 8.52. The normalized spacial score (nSPS) is 9.94. The lowest BCUT2D eigenvalue weighted by atomic mass is 10.2. The van der Waals surface area contributed by atoms with Crippen molar-refractivity contribution in [1.29, 1.82) is 5.26 Å². The van der Waals surface area contributed by atoms with Gasteiger partial charge in [-0.15, -0.1) is 0 Å². The van der Waals surface area contributed by atoms with Crippen molar-refractivity contribution in [3.8, 4) is 17.5 Å². The van der Waals surface area contributed by atoms with Crippen LogP contribution in [0.1, 0.15) is 5.82 Å². The predicted molar refractivity (Wildman–Crippen MR) is 63.4 cm³/mol. The topological polar surface area (TPSA) is 66.0 Å². The summed E-state index contributed by atoms with van der Waals surface area (Å²) in [6.07, 6.45) is 0.166. The van der Waals surface area contributed by atoms with E-state index < -0.39 is 0 Å². The molecule has 0 radical (unpaired) electrons. The number of hydrogen-bond acceptors (Lipinski definition) is 5. The third-order valence-electron chi connectivity index (χ3n) is 2.34. The first-order valence-electron chi connectivity index (χ1n) is 5.18. The summed E-state index contributed by atoms with van der Waals surface area (Å²) in [4.78, 5) is 6.14. The fraction of sp³-hybridized carbons (Fsp3) is 0.250. The van der Waals surface area contributed by atoms with E-state index in [9.17, 15) is 0 Å². The van der Waals surface area contributed by atoms with Crippen LogP contribution in [0.5, 0.6) is 0 Å². The summed E-state index contributed by atoms with van der Waals surface area (Å²) >= 11 is 0. The number of rotatable bonds is 3. The molecule has 1 heterocycles. The molecule has 0 saturated heterocycles. The van der Waals surface area contributed by atoms with E-state index in [1.807, 2.05) is 49.3 Å². The summed E-state index contributed by atoms with van der Waals surface area (Å²) in [6, 6.07) is 9.76. The van der Waals surface area contributed by atoms with Crippen molar-refractivity contribution in [2.24, 2.45) is 0 Å². The summed E-state index contributed by atoms with van der Waals surface area (Å²) in [6.45, 7) is 0. The molecule has 0 fully saturated rings. The maximum Gasteiger partial charge on any atom is 0.257 e. The van der Waals surface area contributed by atoms with E-state index in [0.717, 1.165) is 11.3 Å². The van der Waals surface area contributed by atoms with Gasteiger partial charge in [-0.1, -0.05) is 5.16 Å². The van der Waals surface area contributed by atoms with Gasteiger partial charge in [-0.25, -0.2) is 0 Å². The molecule has 0 unspecified atom stereocenters. The zero-order valence-corrected chi connectivity index (χ0v) is 9.71. The summed E-state index contributed by atoms with van der Waals surface area (Å²) in [7, 11) is 3.96. The summed E-state index contributed by atoms with van der Waals surface area (Å²) in [5.41, 5.74) is 1.96. The molecule has 0 spiro atoms. The smallest absolute Gasteiger partial charge is 0.257 e. The minimum Gasteiger partial charge on any atom is -0.378 e. The fourth-order valence-electron chi connectivity index (χ4n) is 1.42. The molecule has 5 heteroatoms. The van der Waals surface area contributed by atoms with Gasteiger partial charge < -0.3 is 9.42 Å². The molecule has 86 valence electrons. The van der Waals surface area contributed by atoms with Crippen LogP contribution in [0.2, 0.25) is 0 Å². The molecule has 2 aromatic rings. The molecule has 5 nitrogen and oxygen atoms in total. The Balaban J connectivity index is 2.24. The van der Waals surface area contributed by atoms with Crippen molar-refractivity contribution < 1.29 is 4.52 Å². The molecule has 0 N–H and O–H groups in total. The second kappa shape index (κ2) is 4.66. The molecule has 0 aliphatic rings. The van der Waals surface area contributed by atoms with Crippen molar-refractivity contribution in [3.05, 3.63) is 30.1 Å².